The predicted octanol–water partition coefficient (Wildman–Crippen LogP) is 4.08. The highest BCUT2D eigenvalue weighted by Crippen LogP contribution is 2.32. The molecule has 1 heterocycles. The molecular weight excluding hydrogens is 270 g/mol. The van der Waals surface area contributed by atoms with E-state index in [9.17, 15) is 9.59 Å². The zero-order valence-corrected chi connectivity index (χ0v) is 12.6. The molecule has 0 radical (unpaired) electrons. The number of imide groups is 1. The van der Waals surface area contributed by atoms with Gasteiger partial charge in [-0.15, -0.1) is 0 Å². The van der Waals surface area contributed by atoms with Crippen molar-refractivity contribution in [1.29, 1.82) is 0 Å². The minimum absolute atomic E-state index is 0.105. The Labute approximate surface area is 123 Å². The number of thioether (sulfide) groups is 1. The van der Waals surface area contributed by atoms with Crippen molar-refractivity contribution < 1.29 is 9.59 Å². The van der Waals surface area contributed by atoms with Gasteiger partial charge in [-0.05, 0) is 49.7 Å². The summed E-state index contributed by atoms with van der Waals surface area (Å²) in [6, 6.07) is 9.78. The van der Waals surface area contributed by atoms with Crippen LogP contribution in [0, 0.1) is 0 Å². The van der Waals surface area contributed by atoms with Gasteiger partial charge in [0.15, 0.2) is 0 Å². The second kappa shape index (κ2) is 6.09. The van der Waals surface area contributed by atoms with Gasteiger partial charge < -0.3 is 0 Å². The second-order valence-electron chi connectivity index (χ2n) is 4.94. The normalized spacial score (nSPS) is 18.5. The largest absolute Gasteiger partial charge is 0.293 e. The molecule has 20 heavy (non-hydrogen) atoms. The van der Waals surface area contributed by atoms with Crippen LogP contribution in [-0.4, -0.2) is 22.1 Å². The Morgan fingerprint density at radius 2 is 1.85 bits per heavy atom. The van der Waals surface area contributed by atoms with Gasteiger partial charge in [-0.2, -0.15) is 0 Å². The Bertz CT molecular complexity index is 588. The van der Waals surface area contributed by atoms with Crippen LogP contribution in [0.25, 0.3) is 6.08 Å². The monoisotopic (exact) mass is 287 g/mol. The van der Waals surface area contributed by atoms with Crippen molar-refractivity contribution in [1.82, 2.24) is 4.90 Å². The van der Waals surface area contributed by atoms with Crippen LogP contribution < -0.4 is 0 Å². The molecule has 2 rings (SSSR count). The number of hydrogen-bond acceptors (Lipinski definition) is 3. The second-order valence-corrected chi connectivity index (χ2v) is 5.94. The van der Waals surface area contributed by atoms with E-state index in [2.05, 4.69) is 0 Å². The average molecular weight is 287 g/mol. The van der Waals surface area contributed by atoms with Gasteiger partial charge in [-0.1, -0.05) is 36.4 Å². The molecule has 2 amide bonds. The maximum atomic E-state index is 12.1. The Morgan fingerprint density at radius 1 is 1.20 bits per heavy atom. The Hall–Kier alpha value is -1.81. The molecule has 4 heteroatoms. The first-order chi connectivity index (χ1) is 9.49. The summed E-state index contributed by atoms with van der Waals surface area (Å²) in [4.78, 5) is 25.7. The SMILES string of the molecule is CC(=Cc1ccccc1)C=C1SC(=O)N(C(C)C)C1=O. The van der Waals surface area contributed by atoms with Crippen LogP contribution in [0.2, 0.25) is 0 Å². The molecule has 0 atom stereocenters. The van der Waals surface area contributed by atoms with Crippen LogP contribution in [0.3, 0.4) is 0 Å². The number of amides is 2. The van der Waals surface area contributed by atoms with E-state index in [0.29, 0.717) is 4.91 Å². The molecule has 1 aliphatic rings. The van der Waals surface area contributed by atoms with Crippen molar-refractivity contribution in [2.45, 2.75) is 26.8 Å². The quantitative estimate of drug-likeness (QED) is 0.786. The van der Waals surface area contributed by atoms with Crippen molar-refractivity contribution in [2.24, 2.45) is 0 Å². The van der Waals surface area contributed by atoms with E-state index in [-0.39, 0.29) is 17.2 Å². The molecule has 0 saturated carbocycles. The van der Waals surface area contributed by atoms with E-state index in [1.54, 1.807) is 6.08 Å². The van der Waals surface area contributed by atoms with Crippen molar-refractivity contribution in [3.63, 3.8) is 0 Å². The van der Waals surface area contributed by atoms with Crippen LogP contribution in [0.5, 0.6) is 0 Å². The number of allylic oxidation sites excluding steroid dienone is 2. The number of carbonyl (C=O) groups excluding carboxylic acids is 2. The molecule has 0 spiro atoms. The van der Waals surface area contributed by atoms with Crippen LogP contribution in [0.15, 0.2) is 46.9 Å². The third kappa shape index (κ3) is 3.20. The summed E-state index contributed by atoms with van der Waals surface area (Å²) in [5, 5.41) is -0.191. The molecule has 1 aromatic rings. The van der Waals surface area contributed by atoms with Crippen molar-refractivity contribution in [3.05, 3.63) is 52.4 Å². The fourth-order valence-electron chi connectivity index (χ4n) is 1.99. The van der Waals surface area contributed by atoms with E-state index in [0.717, 1.165) is 22.9 Å². The van der Waals surface area contributed by atoms with E-state index in [1.807, 2.05) is 57.2 Å². The maximum Gasteiger partial charge on any atom is 0.293 e. The highest BCUT2D eigenvalue weighted by molar-refractivity contribution is 8.18. The van der Waals surface area contributed by atoms with Crippen molar-refractivity contribution >= 4 is 29.0 Å². The van der Waals surface area contributed by atoms with Crippen LogP contribution in [0.4, 0.5) is 4.79 Å². The van der Waals surface area contributed by atoms with Gasteiger partial charge in [-0.25, -0.2) is 0 Å². The third-order valence-electron chi connectivity index (χ3n) is 2.89. The molecule has 0 unspecified atom stereocenters. The topological polar surface area (TPSA) is 37.4 Å². The van der Waals surface area contributed by atoms with Crippen molar-refractivity contribution in [3.8, 4) is 0 Å². The zero-order chi connectivity index (χ0) is 14.7. The molecule has 0 aliphatic carbocycles. The maximum absolute atomic E-state index is 12.1. The first-order valence-electron chi connectivity index (χ1n) is 6.49. The van der Waals surface area contributed by atoms with E-state index in [4.69, 9.17) is 0 Å². The number of benzene rings is 1. The summed E-state index contributed by atoms with van der Waals surface area (Å²) >= 11 is 1.01. The summed E-state index contributed by atoms with van der Waals surface area (Å²) in [6.45, 7) is 5.61. The number of carbonyl (C=O) groups is 2. The average Bonchev–Trinajstić information content (AvgIpc) is 2.65. The molecule has 0 N–H and O–H groups in total. The summed E-state index contributed by atoms with van der Waals surface area (Å²) in [5.41, 5.74) is 2.02. The zero-order valence-electron chi connectivity index (χ0n) is 11.8. The summed E-state index contributed by atoms with van der Waals surface area (Å²) < 4.78 is 0. The lowest BCUT2D eigenvalue weighted by atomic mass is 10.1. The lowest BCUT2D eigenvalue weighted by molar-refractivity contribution is -0.123. The lowest BCUT2D eigenvalue weighted by Crippen LogP contribution is -2.34. The smallest absolute Gasteiger partial charge is 0.268 e. The van der Waals surface area contributed by atoms with E-state index in [1.165, 1.54) is 4.90 Å². The first-order valence-corrected chi connectivity index (χ1v) is 7.31. The Morgan fingerprint density at radius 3 is 2.40 bits per heavy atom. The van der Waals surface area contributed by atoms with Crippen LogP contribution >= 0.6 is 11.8 Å². The predicted molar refractivity (Wildman–Crippen MR) is 83.1 cm³/mol. The molecule has 0 aromatic heterocycles. The minimum Gasteiger partial charge on any atom is -0.268 e. The molecular formula is C16H17NO2S. The van der Waals surface area contributed by atoms with Crippen LogP contribution in [-0.2, 0) is 4.79 Å². The van der Waals surface area contributed by atoms with Crippen LogP contribution in [0.1, 0.15) is 26.3 Å². The minimum atomic E-state index is -0.198. The summed E-state index contributed by atoms with van der Waals surface area (Å²) in [6.07, 6.45) is 3.77. The molecule has 3 nitrogen and oxygen atoms in total. The van der Waals surface area contributed by atoms with Gasteiger partial charge in [0.05, 0.1) is 4.91 Å². The van der Waals surface area contributed by atoms with Gasteiger partial charge >= 0.3 is 0 Å². The number of rotatable bonds is 3. The Balaban J connectivity index is 2.22. The van der Waals surface area contributed by atoms with E-state index >= 15 is 0 Å². The summed E-state index contributed by atoms with van der Waals surface area (Å²) in [7, 11) is 0. The van der Waals surface area contributed by atoms with Gasteiger partial charge in [0.25, 0.3) is 11.1 Å². The molecule has 0 bridgehead atoms. The van der Waals surface area contributed by atoms with Gasteiger partial charge in [-0.3, -0.25) is 14.5 Å². The standard InChI is InChI=1S/C16H17NO2S/c1-11(2)17-15(18)14(20-16(17)19)10-12(3)9-13-7-5-4-6-8-13/h4-11H,1-3H3. The highest BCUT2D eigenvalue weighted by Gasteiger charge is 2.36. The van der Waals surface area contributed by atoms with Gasteiger partial charge in [0, 0.05) is 6.04 Å². The molecule has 104 valence electrons. The fourth-order valence-corrected chi connectivity index (χ4v) is 3.00. The Kier molecular flexibility index (Phi) is 4.45. The van der Waals surface area contributed by atoms with Crippen molar-refractivity contribution in [2.75, 3.05) is 0 Å². The summed E-state index contributed by atoms with van der Waals surface area (Å²) in [5.74, 6) is -0.198. The molecule has 1 aliphatic heterocycles. The van der Waals surface area contributed by atoms with Gasteiger partial charge in [0.1, 0.15) is 0 Å². The number of hydrogen-bond donors (Lipinski definition) is 0. The molecule has 1 aromatic carbocycles. The highest BCUT2D eigenvalue weighted by atomic mass is 32.2. The lowest BCUT2D eigenvalue weighted by Gasteiger charge is -2.16. The fraction of sp³-hybridized carbons (Fsp3) is 0.250. The number of nitrogens with zero attached hydrogens (tertiary/aromatic N) is 1. The molecule has 1 fully saturated rings. The first kappa shape index (κ1) is 14.6. The van der Waals surface area contributed by atoms with Gasteiger partial charge in [0.2, 0.25) is 0 Å². The van der Waals surface area contributed by atoms with E-state index < -0.39 is 0 Å². The third-order valence-corrected chi connectivity index (χ3v) is 3.78. The molecule has 1 saturated heterocycles.